The zero-order valence-electron chi connectivity index (χ0n) is 14.0. The second-order valence-corrected chi connectivity index (χ2v) is 5.59. The highest BCUT2D eigenvalue weighted by atomic mass is 35.5. The van der Waals surface area contributed by atoms with Crippen LogP contribution in [-0.4, -0.2) is 37.1 Å². The van der Waals surface area contributed by atoms with E-state index in [0.717, 1.165) is 35.7 Å². The quantitative estimate of drug-likeness (QED) is 0.706. The van der Waals surface area contributed by atoms with E-state index in [9.17, 15) is 0 Å². The van der Waals surface area contributed by atoms with Crippen molar-refractivity contribution in [3.8, 4) is 5.75 Å². The lowest BCUT2D eigenvalue weighted by Gasteiger charge is -2.12. The van der Waals surface area contributed by atoms with Gasteiger partial charge in [-0.05, 0) is 51.2 Å². The zero-order chi connectivity index (χ0) is 15.8. The van der Waals surface area contributed by atoms with Crippen LogP contribution in [0.2, 0.25) is 0 Å². The number of aromatic nitrogens is 1. The van der Waals surface area contributed by atoms with Crippen molar-refractivity contribution in [2.75, 3.05) is 27.2 Å². The van der Waals surface area contributed by atoms with Crippen LogP contribution in [0.3, 0.4) is 0 Å². The van der Waals surface area contributed by atoms with Gasteiger partial charge in [0.2, 0.25) is 0 Å². The molecule has 2 rings (SSSR count). The van der Waals surface area contributed by atoms with Gasteiger partial charge >= 0.3 is 0 Å². The molecular weight excluding hydrogens is 308 g/mol. The van der Waals surface area contributed by atoms with Crippen molar-refractivity contribution in [1.82, 2.24) is 9.88 Å². The Morgan fingerprint density at radius 2 is 1.78 bits per heavy atom. The maximum absolute atomic E-state index is 5.89. The summed E-state index contributed by atoms with van der Waals surface area (Å²) in [7, 11) is 4.14. The lowest BCUT2D eigenvalue weighted by molar-refractivity contribution is 0.280. The van der Waals surface area contributed by atoms with Crippen molar-refractivity contribution >= 4 is 24.6 Å². The van der Waals surface area contributed by atoms with E-state index in [4.69, 9.17) is 4.74 Å². The molecule has 2 aromatic rings. The van der Waals surface area contributed by atoms with Gasteiger partial charge in [-0.3, -0.25) is 0 Å². The van der Waals surface area contributed by atoms with Crippen molar-refractivity contribution < 1.29 is 4.74 Å². The van der Waals surface area contributed by atoms with E-state index in [2.05, 4.69) is 42.2 Å². The van der Waals surface area contributed by atoms with Crippen molar-refractivity contribution in [3.05, 3.63) is 59.4 Å². The largest absolute Gasteiger partial charge is 0.491 e. The second kappa shape index (κ2) is 10.0. The van der Waals surface area contributed by atoms with E-state index in [-0.39, 0.29) is 12.4 Å². The van der Waals surface area contributed by atoms with E-state index in [0.29, 0.717) is 6.61 Å². The molecule has 0 atom stereocenters. The third-order valence-corrected chi connectivity index (χ3v) is 3.27. The summed E-state index contributed by atoms with van der Waals surface area (Å²) < 4.78 is 5.89. The first-order chi connectivity index (χ1) is 10.6. The molecule has 0 amide bonds. The molecule has 0 unspecified atom stereocenters. The van der Waals surface area contributed by atoms with Crippen LogP contribution in [0.25, 0.3) is 12.2 Å². The topological polar surface area (TPSA) is 25.4 Å². The van der Waals surface area contributed by atoms with Gasteiger partial charge in [-0.2, -0.15) is 0 Å². The van der Waals surface area contributed by atoms with Crippen LogP contribution in [0.1, 0.15) is 23.4 Å². The van der Waals surface area contributed by atoms with Gasteiger partial charge in [0.25, 0.3) is 0 Å². The van der Waals surface area contributed by atoms with Crippen LogP contribution < -0.4 is 4.74 Å². The molecule has 0 fully saturated rings. The Labute approximate surface area is 145 Å². The fraction of sp³-hybridized carbons (Fsp3) is 0.316. The Hall–Kier alpha value is -1.84. The number of hydrogen-bond donors (Lipinski definition) is 0. The molecule has 0 bridgehead atoms. The van der Waals surface area contributed by atoms with Gasteiger partial charge in [0, 0.05) is 12.2 Å². The van der Waals surface area contributed by atoms with Crippen molar-refractivity contribution in [3.63, 3.8) is 0 Å². The molecule has 4 heteroatoms. The van der Waals surface area contributed by atoms with Crippen LogP contribution in [0, 0.1) is 6.92 Å². The molecule has 0 radical (unpaired) electrons. The minimum Gasteiger partial charge on any atom is -0.491 e. The Bertz CT molecular complexity index is 612. The molecule has 0 saturated heterocycles. The predicted molar refractivity (Wildman–Crippen MR) is 100 cm³/mol. The molecule has 0 aliphatic heterocycles. The highest BCUT2D eigenvalue weighted by molar-refractivity contribution is 5.85. The fourth-order valence-electron chi connectivity index (χ4n) is 2.11. The average molecular weight is 333 g/mol. The van der Waals surface area contributed by atoms with Crippen molar-refractivity contribution in [2.24, 2.45) is 0 Å². The summed E-state index contributed by atoms with van der Waals surface area (Å²) >= 11 is 0. The van der Waals surface area contributed by atoms with E-state index >= 15 is 0 Å². The number of ether oxygens (including phenoxy) is 1. The SMILES string of the molecule is Cc1ccc(OCCCN(C)C)c(/C=C/c2ccccc2)n1.Cl. The summed E-state index contributed by atoms with van der Waals surface area (Å²) in [5.41, 5.74) is 3.03. The normalized spacial score (nSPS) is 10.8. The first kappa shape index (κ1) is 19.2. The Balaban J connectivity index is 0.00000264. The molecule has 1 aromatic heterocycles. The maximum Gasteiger partial charge on any atom is 0.144 e. The van der Waals surface area contributed by atoms with Crippen LogP contribution in [0.5, 0.6) is 5.75 Å². The molecule has 0 aliphatic rings. The standard InChI is InChI=1S/C19H24N2O.ClH/c1-16-10-13-19(22-15-7-14-21(2)3)18(20-16)12-11-17-8-5-4-6-9-17;/h4-6,8-13H,7,14-15H2,1-3H3;1H/b12-11+;. The number of nitrogens with zero attached hydrogens (tertiary/aromatic N) is 2. The van der Waals surface area contributed by atoms with Crippen LogP contribution in [-0.2, 0) is 0 Å². The molecule has 1 aromatic carbocycles. The summed E-state index contributed by atoms with van der Waals surface area (Å²) in [6, 6.07) is 14.2. The monoisotopic (exact) mass is 332 g/mol. The van der Waals surface area contributed by atoms with E-state index in [1.54, 1.807) is 0 Å². The van der Waals surface area contributed by atoms with E-state index < -0.39 is 0 Å². The molecule has 0 spiro atoms. The summed E-state index contributed by atoms with van der Waals surface area (Å²) in [5.74, 6) is 0.844. The third-order valence-electron chi connectivity index (χ3n) is 3.27. The van der Waals surface area contributed by atoms with Gasteiger partial charge in [-0.25, -0.2) is 4.98 Å². The maximum atomic E-state index is 5.89. The number of rotatable bonds is 7. The van der Waals surface area contributed by atoms with E-state index in [1.165, 1.54) is 0 Å². The summed E-state index contributed by atoms with van der Waals surface area (Å²) in [6.07, 6.45) is 5.08. The van der Waals surface area contributed by atoms with E-state index in [1.807, 2.05) is 43.3 Å². The van der Waals surface area contributed by atoms with Gasteiger partial charge in [0.05, 0.1) is 6.61 Å². The molecule has 3 nitrogen and oxygen atoms in total. The minimum absolute atomic E-state index is 0. The molecule has 0 aliphatic carbocycles. The smallest absolute Gasteiger partial charge is 0.144 e. The second-order valence-electron chi connectivity index (χ2n) is 5.59. The predicted octanol–water partition coefficient (Wildman–Crippen LogP) is 4.31. The first-order valence-electron chi connectivity index (χ1n) is 7.63. The molecular formula is C19H25ClN2O. The lowest BCUT2D eigenvalue weighted by Crippen LogP contribution is -2.15. The number of halogens is 1. The average Bonchev–Trinajstić information content (AvgIpc) is 2.52. The van der Waals surface area contributed by atoms with Gasteiger partial charge in [0.1, 0.15) is 11.4 Å². The highest BCUT2D eigenvalue weighted by Gasteiger charge is 2.03. The Kier molecular flexibility index (Phi) is 8.38. The van der Waals surface area contributed by atoms with Crippen molar-refractivity contribution in [1.29, 1.82) is 0 Å². The number of hydrogen-bond acceptors (Lipinski definition) is 3. The molecule has 0 saturated carbocycles. The van der Waals surface area contributed by atoms with Gasteiger partial charge in [-0.15, -0.1) is 12.4 Å². The molecule has 124 valence electrons. The molecule has 23 heavy (non-hydrogen) atoms. The van der Waals surface area contributed by atoms with Crippen LogP contribution in [0.15, 0.2) is 42.5 Å². The molecule has 1 heterocycles. The third kappa shape index (κ3) is 6.85. The van der Waals surface area contributed by atoms with Gasteiger partial charge in [-0.1, -0.05) is 36.4 Å². The molecule has 0 N–H and O–H groups in total. The van der Waals surface area contributed by atoms with Crippen molar-refractivity contribution in [2.45, 2.75) is 13.3 Å². The fourth-order valence-corrected chi connectivity index (χ4v) is 2.11. The van der Waals surface area contributed by atoms with Gasteiger partial charge in [0.15, 0.2) is 0 Å². The summed E-state index contributed by atoms with van der Waals surface area (Å²) in [4.78, 5) is 6.74. The first-order valence-corrected chi connectivity index (χ1v) is 7.63. The zero-order valence-corrected chi connectivity index (χ0v) is 14.8. The number of aryl methyl sites for hydroxylation is 1. The minimum atomic E-state index is 0. The lowest BCUT2D eigenvalue weighted by atomic mass is 10.2. The highest BCUT2D eigenvalue weighted by Crippen LogP contribution is 2.20. The number of pyridine rings is 1. The van der Waals surface area contributed by atoms with Crippen LogP contribution in [0.4, 0.5) is 0 Å². The summed E-state index contributed by atoms with van der Waals surface area (Å²) in [6.45, 7) is 3.72. The van der Waals surface area contributed by atoms with Crippen LogP contribution >= 0.6 is 12.4 Å². The van der Waals surface area contributed by atoms with Gasteiger partial charge < -0.3 is 9.64 Å². The summed E-state index contributed by atoms with van der Waals surface area (Å²) in [5, 5.41) is 0. The Morgan fingerprint density at radius 1 is 1.04 bits per heavy atom. The number of benzene rings is 1. The Morgan fingerprint density at radius 3 is 2.48 bits per heavy atom.